The molecular formula is C23H28N4O3S. The minimum absolute atomic E-state index is 0.102. The Bertz CT molecular complexity index is 953. The Morgan fingerprint density at radius 3 is 2.58 bits per heavy atom. The Morgan fingerprint density at radius 2 is 1.90 bits per heavy atom. The lowest BCUT2D eigenvalue weighted by molar-refractivity contribution is -0.117. The van der Waals surface area contributed by atoms with Crippen LogP contribution in [0.3, 0.4) is 0 Å². The van der Waals surface area contributed by atoms with Crippen molar-refractivity contribution in [3.63, 3.8) is 0 Å². The standard InChI is InChI=1S/C23H28N4O3S/c1-30-19-4-2-3-18(10-19)27-6-5-24-22(27)31-14-20(28)25-21(29)26-23-11-15-7-16(12-23)9-17(8-15)13-23/h2-6,10,15-17H,7-9,11-14H2,1H3,(H2,25,26,28,29). The van der Waals surface area contributed by atoms with Gasteiger partial charge in [-0.25, -0.2) is 9.78 Å². The number of thioether (sulfide) groups is 1. The first-order chi connectivity index (χ1) is 15.0. The summed E-state index contributed by atoms with van der Waals surface area (Å²) in [6.07, 6.45) is 10.7. The Morgan fingerprint density at radius 1 is 1.19 bits per heavy atom. The predicted molar refractivity (Wildman–Crippen MR) is 118 cm³/mol. The molecule has 4 aliphatic rings. The van der Waals surface area contributed by atoms with E-state index < -0.39 is 0 Å². The molecule has 6 rings (SSSR count). The van der Waals surface area contributed by atoms with Crippen LogP contribution in [0.4, 0.5) is 4.79 Å². The van der Waals surface area contributed by atoms with Gasteiger partial charge in [0, 0.05) is 24.0 Å². The summed E-state index contributed by atoms with van der Waals surface area (Å²) in [5, 5.41) is 6.40. The zero-order valence-corrected chi connectivity index (χ0v) is 18.5. The van der Waals surface area contributed by atoms with Crippen molar-refractivity contribution in [3.8, 4) is 11.4 Å². The minimum Gasteiger partial charge on any atom is -0.497 e. The summed E-state index contributed by atoms with van der Waals surface area (Å²) in [5.74, 6) is 2.79. The Balaban J connectivity index is 1.16. The third-order valence-electron chi connectivity index (χ3n) is 6.94. The van der Waals surface area contributed by atoms with Gasteiger partial charge < -0.3 is 10.1 Å². The first kappa shape index (κ1) is 20.4. The van der Waals surface area contributed by atoms with Crippen LogP contribution in [0.15, 0.2) is 41.8 Å². The van der Waals surface area contributed by atoms with Crippen molar-refractivity contribution in [2.45, 2.75) is 49.2 Å². The fourth-order valence-corrected chi connectivity index (χ4v) is 6.96. The van der Waals surface area contributed by atoms with Crippen molar-refractivity contribution in [1.29, 1.82) is 0 Å². The van der Waals surface area contributed by atoms with Gasteiger partial charge in [-0.3, -0.25) is 14.7 Å². The maximum Gasteiger partial charge on any atom is 0.321 e. The van der Waals surface area contributed by atoms with E-state index in [9.17, 15) is 9.59 Å². The quantitative estimate of drug-likeness (QED) is 0.668. The molecule has 4 fully saturated rings. The molecule has 2 N–H and O–H groups in total. The number of rotatable bonds is 6. The van der Waals surface area contributed by atoms with E-state index in [1.807, 2.05) is 35.0 Å². The van der Waals surface area contributed by atoms with E-state index >= 15 is 0 Å². The number of urea groups is 1. The summed E-state index contributed by atoms with van der Waals surface area (Å²) in [4.78, 5) is 29.4. The number of benzene rings is 1. The molecule has 0 unspecified atom stereocenters. The van der Waals surface area contributed by atoms with Crippen LogP contribution in [-0.2, 0) is 4.79 Å². The second kappa shape index (κ2) is 8.22. The summed E-state index contributed by atoms with van der Waals surface area (Å²) in [7, 11) is 1.63. The molecule has 164 valence electrons. The summed E-state index contributed by atoms with van der Waals surface area (Å²) in [6.45, 7) is 0. The molecule has 4 bridgehead atoms. The summed E-state index contributed by atoms with van der Waals surface area (Å²) in [6, 6.07) is 7.29. The molecule has 3 amide bonds. The number of nitrogens with one attached hydrogen (secondary N) is 2. The fourth-order valence-electron chi connectivity index (χ4n) is 6.18. The molecular weight excluding hydrogens is 412 g/mol. The zero-order chi connectivity index (χ0) is 21.4. The van der Waals surface area contributed by atoms with E-state index in [-0.39, 0.29) is 23.2 Å². The maximum atomic E-state index is 12.6. The number of methoxy groups -OCH3 is 1. The Kier molecular flexibility index (Phi) is 5.42. The Hall–Kier alpha value is -2.48. The van der Waals surface area contributed by atoms with Gasteiger partial charge in [0.15, 0.2) is 5.16 Å². The number of carbonyl (C=O) groups is 2. The molecule has 8 heteroatoms. The first-order valence-electron chi connectivity index (χ1n) is 10.9. The number of ether oxygens (including phenoxy) is 1. The molecule has 4 saturated carbocycles. The van der Waals surface area contributed by atoms with Crippen molar-refractivity contribution in [2.75, 3.05) is 12.9 Å². The van der Waals surface area contributed by atoms with Crippen LogP contribution >= 0.6 is 11.8 Å². The molecule has 4 aliphatic carbocycles. The number of aromatic nitrogens is 2. The van der Waals surface area contributed by atoms with E-state index in [4.69, 9.17) is 4.74 Å². The average Bonchev–Trinajstić information content (AvgIpc) is 3.19. The van der Waals surface area contributed by atoms with Crippen LogP contribution in [-0.4, -0.2) is 39.9 Å². The van der Waals surface area contributed by atoms with Crippen LogP contribution < -0.4 is 15.4 Å². The van der Waals surface area contributed by atoms with Crippen molar-refractivity contribution in [3.05, 3.63) is 36.7 Å². The van der Waals surface area contributed by atoms with E-state index in [1.165, 1.54) is 31.0 Å². The van der Waals surface area contributed by atoms with Crippen molar-refractivity contribution in [2.24, 2.45) is 17.8 Å². The van der Waals surface area contributed by atoms with Crippen LogP contribution in [0.5, 0.6) is 5.75 Å². The molecule has 7 nitrogen and oxygen atoms in total. The predicted octanol–water partition coefficient (Wildman–Crippen LogP) is 3.77. The van der Waals surface area contributed by atoms with Gasteiger partial charge in [0.25, 0.3) is 0 Å². The van der Waals surface area contributed by atoms with Crippen LogP contribution in [0.1, 0.15) is 38.5 Å². The minimum atomic E-state index is -0.358. The highest BCUT2D eigenvalue weighted by atomic mass is 32.2. The number of nitrogens with zero attached hydrogens (tertiary/aromatic N) is 2. The average molecular weight is 441 g/mol. The molecule has 0 atom stereocenters. The van der Waals surface area contributed by atoms with E-state index in [0.717, 1.165) is 48.5 Å². The van der Waals surface area contributed by atoms with Gasteiger partial charge in [0.05, 0.1) is 18.6 Å². The topological polar surface area (TPSA) is 85.2 Å². The summed E-state index contributed by atoms with van der Waals surface area (Å²) in [5.41, 5.74) is 0.800. The van der Waals surface area contributed by atoms with Crippen molar-refractivity contribution in [1.82, 2.24) is 20.2 Å². The van der Waals surface area contributed by atoms with Crippen LogP contribution in [0.25, 0.3) is 5.69 Å². The molecule has 0 aliphatic heterocycles. The highest BCUT2D eigenvalue weighted by Gasteiger charge is 2.51. The van der Waals surface area contributed by atoms with Crippen LogP contribution in [0, 0.1) is 17.8 Å². The zero-order valence-electron chi connectivity index (χ0n) is 17.7. The normalized spacial score (nSPS) is 28.4. The second-order valence-corrected chi connectivity index (χ2v) is 10.2. The van der Waals surface area contributed by atoms with E-state index in [0.29, 0.717) is 5.16 Å². The molecule has 1 aromatic carbocycles. The number of hydrogen-bond acceptors (Lipinski definition) is 5. The number of imide groups is 1. The Labute approximate surface area is 186 Å². The molecule has 0 radical (unpaired) electrons. The van der Waals surface area contributed by atoms with Gasteiger partial charge in [0.2, 0.25) is 5.91 Å². The molecule has 31 heavy (non-hydrogen) atoms. The number of carbonyl (C=O) groups excluding carboxylic acids is 2. The lowest BCUT2D eigenvalue weighted by Crippen LogP contribution is -2.61. The van der Waals surface area contributed by atoms with E-state index in [2.05, 4.69) is 15.6 Å². The van der Waals surface area contributed by atoms with Gasteiger partial charge in [-0.15, -0.1) is 0 Å². The number of amides is 3. The molecule has 1 aromatic heterocycles. The number of imidazole rings is 1. The molecule has 1 heterocycles. The summed E-state index contributed by atoms with van der Waals surface area (Å²) >= 11 is 1.30. The highest BCUT2D eigenvalue weighted by molar-refractivity contribution is 7.99. The van der Waals surface area contributed by atoms with Crippen molar-refractivity contribution < 1.29 is 14.3 Å². The third-order valence-corrected chi connectivity index (χ3v) is 7.91. The molecule has 2 aromatic rings. The lowest BCUT2D eigenvalue weighted by atomic mass is 9.53. The third kappa shape index (κ3) is 4.31. The SMILES string of the molecule is COc1cccc(-n2ccnc2SCC(=O)NC(=O)NC23CC4CC(CC(C4)C2)C3)c1. The maximum absolute atomic E-state index is 12.6. The van der Waals surface area contributed by atoms with Crippen LogP contribution in [0.2, 0.25) is 0 Å². The highest BCUT2D eigenvalue weighted by Crippen LogP contribution is 2.55. The largest absolute Gasteiger partial charge is 0.497 e. The molecule has 0 spiro atoms. The van der Waals surface area contributed by atoms with E-state index in [1.54, 1.807) is 13.3 Å². The fraction of sp³-hybridized carbons (Fsp3) is 0.522. The smallest absolute Gasteiger partial charge is 0.321 e. The van der Waals surface area contributed by atoms with Crippen molar-refractivity contribution >= 4 is 23.7 Å². The van der Waals surface area contributed by atoms with Gasteiger partial charge in [-0.05, 0) is 68.4 Å². The summed E-state index contributed by atoms with van der Waals surface area (Å²) < 4.78 is 7.18. The van der Waals surface area contributed by atoms with Gasteiger partial charge in [-0.2, -0.15) is 0 Å². The van der Waals surface area contributed by atoms with Gasteiger partial charge >= 0.3 is 6.03 Å². The lowest BCUT2D eigenvalue weighted by Gasteiger charge is -2.56. The number of hydrogen-bond donors (Lipinski definition) is 2. The monoisotopic (exact) mass is 440 g/mol. The van der Waals surface area contributed by atoms with Gasteiger partial charge in [0.1, 0.15) is 5.75 Å². The molecule has 0 saturated heterocycles. The second-order valence-electron chi connectivity index (χ2n) is 9.27. The van der Waals surface area contributed by atoms with Gasteiger partial charge in [-0.1, -0.05) is 17.8 Å². The first-order valence-corrected chi connectivity index (χ1v) is 11.9.